The van der Waals surface area contributed by atoms with Gasteiger partial charge in [-0.3, -0.25) is 0 Å². The van der Waals surface area contributed by atoms with Crippen molar-refractivity contribution < 1.29 is 5.11 Å². The molecule has 0 aromatic rings. The predicted molar refractivity (Wildman–Crippen MR) is 60.3 cm³/mol. The normalized spacial score (nSPS) is 24.2. The summed E-state index contributed by atoms with van der Waals surface area (Å²) in [6, 6.07) is 0.611. The van der Waals surface area contributed by atoms with E-state index in [0.29, 0.717) is 6.04 Å². The molecule has 1 aliphatic heterocycles. The van der Waals surface area contributed by atoms with Gasteiger partial charge in [0.05, 0.1) is 5.60 Å². The van der Waals surface area contributed by atoms with E-state index in [1.165, 1.54) is 0 Å². The van der Waals surface area contributed by atoms with E-state index in [1.54, 1.807) is 0 Å². The highest BCUT2D eigenvalue weighted by atomic mass is 16.3. The molecule has 2 nitrogen and oxygen atoms in total. The highest BCUT2D eigenvalue weighted by Gasteiger charge is 2.42. The summed E-state index contributed by atoms with van der Waals surface area (Å²) < 4.78 is 0. The van der Waals surface area contributed by atoms with E-state index < -0.39 is 5.60 Å². The Morgan fingerprint density at radius 1 is 1.14 bits per heavy atom. The van der Waals surface area contributed by atoms with Gasteiger partial charge in [-0.05, 0) is 32.1 Å². The molecule has 0 spiro atoms. The maximum Gasteiger partial charge on any atom is 0.0720 e. The van der Waals surface area contributed by atoms with E-state index in [2.05, 4.69) is 39.5 Å². The maximum absolute atomic E-state index is 10.5. The van der Waals surface area contributed by atoms with Crippen LogP contribution in [0.15, 0.2) is 0 Å². The minimum Gasteiger partial charge on any atom is -0.389 e. The SMILES string of the molecule is CC(C)N1CCC(O)(C(C)(C)C)CC1. The predicted octanol–water partition coefficient (Wildman–Crippen LogP) is 2.27. The molecule has 1 aliphatic rings. The van der Waals surface area contributed by atoms with Gasteiger partial charge in [0, 0.05) is 19.1 Å². The molecule has 0 aromatic heterocycles. The number of likely N-dealkylation sites (tertiary alicyclic amines) is 1. The third-order valence-corrected chi connectivity index (χ3v) is 3.75. The zero-order valence-electron chi connectivity index (χ0n) is 10.3. The minimum atomic E-state index is -0.460. The highest BCUT2D eigenvalue weighted by Crippen LogP contribution is 2.38. The fraction of sp³-hybridized carbons (Fsp3) is 1.00. The van der Waals surface area contributed by atoms with Crippen LogP contribution in [-0.4, -0.2) is 34.7 Å². The summed E-state index contributed by atoms with van der Waals surface area (Å²) in [5.74, 6) is 0. The number of hydrogen-bond donors (Lipinski definition) is 1. The van der Waals surface area contributed by atoms with Crippen LogP contribution in [0, 0.1) is 5.41 Å². The van der Waals surface area contributed by atoms with Gasteiger partial charge in [-0.15, -0.1) is 0 Å². The molecule has 1 fully saturated rings. The maximum atomic E-state index is 10.5. The molecule has 1 rings (SSSR count). The van der Waals surface area contributed by atoms with E-state index >= 15 is 0 Å². The summed E-state index contributed by atoms with van der Waals surface area (Å²) >= 11 is 0. The van der Waals surface area contributed by atoms with E-state index in [9.17, 15) is 5.11 Å². The Kier molecular flexibility index (Phi) is 3.27. The summed E-state index contributed by atoms with van der Waals surface area (Å²) in [6.07, 6.45) is 1.82. The standard InChI is InChI=1S/C12H25NO/c1-10(2)13-8-6-12(14,7-9-13)11(3,4)5/h10,14H,6-9H2,1-5H3. The molecule has 2 heteroatoms. The summed E-state index contributed by atoms with van der Waals surface area (Å²) in [7, 11) is 0. The van der Waals surface area contributed by atoms with Crippen molar-refractivity contribution in [2.24, 2.45) is 5.41 Å². The summed E-state index contributed by atoms with van der Waals surface area (Å²) in [5.41, 5.74) is -0.450. The molecule has 0 unspecified atom stereocenters. The molecular formula is C12H25NO. The van der Waals surface area contributed by atoms with Crippen molar-refractivity contribution in [2.75, 3.05) is 13.1 Å². The van der Waals surface area contributed by atoms with Crippen LogP contribution in [0.25, 0.3) is 0 Å². The molecule has 0 aliphatic carbocycles. The lowest BCUT2D eigenvalue weighted by Crippen LogP contribution is -2.53. The number of nitrogens with zero attached hydrogens (tertiary/aromatic N) is 1. The van der Waals surface area contributed by atoms with E-state index in [-0.39, 0.29) is 5.41 Å². The first-order chi connectivity index (χ1) is 6.26. The molecule has 0 aromatic carbocycles. The zero-order valence-corrected chi connectivity index (χ0v) is 10.3. The van der Waals surface area contributed by atoms with Crippen molar-refractivity contribution in [3.63, 3.8) is 0 Å². The molecular weight excluding hydrogens is 174 g/mol. The molecule has 1 saturated heterocycles. The molecule has 0 atom stereocenters. The largest absolute Gasteiger partial charge is 0.389 e. The topological polar surface area (TPSA) is 23.5 Å². The van der Waals surface area contributed by atoms with Crippen molar-refractivity contribution in [3.05, 3.63) is 0 Å². The zero-order chi connectivity index (χ0) is 11.0. The van der Waals surface area contributed by atoms with Crippen molar-refractivity contribution in [1.29, 1.82) is 0 Å². The number of piperidine rings is 1. The highest BCUT2D eigenvalue weighted by molar-refractivity contribution is 4.95. The molecule has 84 valence electrons. The van der Waals surface area contributed by atoms with Crippen LogP contribution in [0.3, 0.4) is 0 Å². The third kappa shape index (κ3) is 2.29. The van der Waals surface area contributed by atoms with Crippen LogP contribution < -0.4 is 0 Å². The molecule has 0 amide bonds. The summed E-state index contributed by atoms with van der Waals surface area (Å²) in [4.78, 5) is 2.44. The van der Waals surface area contributed by atoms with Crippen LogP contribution in [0.5, 0.6) is 0 Å². The molecule has 1 N–H and O–H groups in total. The van der Waals surface area contributed by atoms with Gasteiger partial charge in [-0.25, -0.2) is 0 Å². The second-order valence-corrected chi connectivity index (χ2v) is 5.91. The summed E-state index contributed by atoms with van der Waals surface area (Å²) in [6.45, 7) is 12.9. The van der Waals surface area contributed by atoms with E-state index in [1.807, 2.05) is 0 Å². The van der Waals surface area contributed by atoms with Gasteiger partial charge in [-0.2, -0.15) is 0 Å². The Balaban J connectivity index is 2.58. The molecule has 14 heavy (non-hydrogen) atoms. The lowest BCUT2D eigenvalue weighted by atomic mass is 9.71. The van der Waals surface area contributed by atoms with Crippen molar-refractivity contribution in [2.45, 2.75) is 59.1 Å². The van der Waals surface area contributed by atoms with Crippen LogP contribution in [0.2, 0.25) is 0 Å². The van der Waals surface area contributed by atoms with Crippen LogP contribution in [0.4, 0.5) is 0 Å². The Labute approximate surface area is 88.3 Å². The third-order valence-electron chi connectivity index (χ3n) is 3.75. The van der Waals surface area contributed by atoms with Crippen LogP contribution in [0.1, 0.15) is 47.5 Å². The first kappa shape index (κ1) is 12.0. The Hall–Kier alpha value is -0.0800. The molecule has 0 bridgehead atoms. The molecule has 0 radical (unpaired) electrons. The molecule has 0 saturated carbocycles. The van der Waals surface area contributed by atoms with Crippen molar-refractivity contribution in [1.82, 2.24) is 4.90 Å². The smallest absolute Gasteiger partial charge is 0.0720 e. The number of hydrogen-bond acceptors (Lipinski definition) is 2. The minimum absolute atomic E-state index is 0.00999. The second kappa shape index (κ2) is 3.82. The monoisotopic (exact) mass is 199 g/mol. The Bertz CT molecular complexity index is 185. The van der Waals surface area contributed by atoms with Crippen LogP contribution in [-0.2, 0) is 0 Å². The van der Waals surface area contributed by atoms with Gasteiger partial charge in [0.15, 0.2) is 0 Å². The van der Waals surface area contributed by atoms with Gasteiger partial charge in [0.1, 0.15) is 0 Å². The van der Waals surface area contributed by atoms with Crippen molar-refractivity contribution >= 4 is 0 Å². The molecule has 1 heterocycles. The number of rotatable bonds is 1. The fourth-order valence-electron chi connectivity index (χ4n) is 2.16. The van der Waals surface area contributed by atoms with Crippen molar-refractivity contribution in [3.8, 4) is 0 Å². The van der Waals surface area contributed by atoms with E-state index in [4.69, 9.17) is 0 Å². The summed E-state index contributed by atoms with van der Waals surface area (Å²) in [5, 5.41) is 10.5. The average Bonchev–Trinajstić information content (AvgIpc) is 2.03. The van der Waals surface area contributed by atoms with Crippen LogP contribution >= 0.6 is 0 Å². The Morgan fingerprint density at radius 3 is 1.86 bits per heavy atom. The first-order valence-electron chi connectivity index (χ1n) is 5.73. The Morgan fingerprint density at radius 2 is 1.57 bits per heavy atom. The fourth-order valence-corrected chi connectivity index (χ4v) is 2.16. The lowest BCUT2D eigenvalue weighted by molar-refractivity contribution is -0.102. The first-order valence-corrected chi connectivity index (χ1v) is 5.73. The lowest BCUT2D eigenvalue weighted by Gasteiger charge is -2.47. The van der Waals surface area contributed by atoms with Gasteiger partial charge in [0.25, 0.3) is 0 Å². The number of aliphatic hydroxyl groups is 1. The van der Waals surface area contributed by atoms with Gasteiger partial charge in [0.2, 0.25) is 0 Å². The van der Waals surface area contributed by atoms with Gasteiger partial charge < -0.3 is 10.0 Å². The average molecular weight is 199 g/mol. The quantitative estimate of drug-likeness (QED) is 0.700. The van der Waals surface area contributed by atoms with Gasteiger partial charge in [-0.1, -0.05) is 20.8 Å². The second-order valence-electron chi connectivity index (χ2n) is 5.91. The van der Waals surface area contributed by atoms with E-state index in [0.717, 1.165) is 25.9 Å². The van der Waals surface area contributed by atoms with Gasteiger partial charge >= 0.3 is 0 Å².